The second-order valence-corrected chi connectivity index (χ2v) is 4.23. The molecule has 76 valence electrons. The molecule has 0 aromatic rings. The molecule has 0 aliphatic heterocycles. The molecule has 1 aliphatic carbocycles. The molecule has 1 saturated carbocycles. The lowest BCUT2D eigenvalue weighted by molar-refractivity contribution is -0.324. The molecule has 1 aliphatic rings. The van der Waals surface area contributed by atoms with Gasteiger partial charge in [0.2, 0.25) is 0 Å². The van der Waals surface area contributed by atoms with Gasteiger partial charge >= 0.3 is 0 Å². The largest absolute Gasteiger partial charge is 0.550 e. The fourth-order valence-corrected chi connectivity index (χ4v) is 2.05. The lowest BCUT2D eigenvalue weighted by atomic mass is 9.66. The van der Waals surface area contributed by atoms with Crippen LogP contribution in [0.15, 0.2) is 0 Å². The number of hydrogen-bond donors (Lipinski definition) is 0. The van der Waals surface area contributed by atoms with Gasteiger partial charge in [-0.3, -0.25) is 0 Å². The molecule has 0 radical (unpaired) electrons. The Bertz CT molecular complexity index is 171. The van der Waals surface area contributed by atoms with Gasteiger partial charge in [-0.15, -0.1) is 0 Å². The van der Waals surface area contributed by atoms with Gasteiger partial charge in [0, 0.05) is 11.4 Å². The van der Waals surface area contributed by atoms with Gasteiger partial charge in [-0.25, -0.2) is 0 Å². The van der Waals surface area contributed by atoms with Crippen LogP contribution in [0.4, 0.5) is 0 Å². The van der Waals surface area contributed by atoms with Gasteiger partial charge in [0.05, 0.1) is 0 Å². The number of unbranched alkanes of at least 4 members (excludes halogenated alkanes) is 3. The number of carboxylic acid groups (broad SMARTS) is 1. The normalized spacial score (nSPS) is 19.5. The van der Waals surface area contributed by atoms with Gasteiger partial charge in [0.25, 0.3) is 0 Å². The molecule has 1 rings (SSSR count). The van der Waals surface area contributed by atoms with E-state index in [1.807, 2.05) is 0 Å². The minimum absolute atomic E-state index is 0.423. The van der Waals surface area contributed by atoms with Crippen LogP contribution in [-0.2, 0) is 4.79 Å². The topological polar surface area (TPSA) is 40.1 Å². The molecule has 0 N–H and O–H groups in total. The summed E-state index contributed by atoms with van der Waals surface area (Å²) in [6.45, 7) is 2.16. The van der Waals surface area contributed by atoms with Gasteiger partial charge in [-0.2, -0.15) is 0 Å². The highest BCUT2D eigenvalue weighted by Crippen LogP contribution is 2.44. The SMILES string of the molecule is CCCCCCC1(C(=O)[O-])CCC1. The molecule has 2 heteroatoms. The molecule has 0 atom stereocenters. The van der Waals surface area contributed by atoms with Crippen LogP contribution in [-0.4, -0.2) is 5.97 Å². The first kappa shape index (κ1) is 10.6. The number of rotatable bonds is 6. The highest BCUT2D eigenvalue weighted by atomic mass is 16.4. The fourth-order valence-electron chi connectivity index (χ4n) is 2.05. The second-order valence-electron chi connectivity index (χ2n) is 4.23. The van der Waals surface area contributed by atoms with Crippen LogP contribution in [0.2, 0.25) is 0 Å². The average Bonchev–Trinajstić information content (AvgIpc) is 2.01. The fraction of sp³-hybridized carbons (Fsp3) is 0.909. The summed E-state index contributed by atoms with van der Waals surface area (Å²) >= 11 is 0. The van der Waals surface area contributed by atoms with Gasteiger partial charge in [0.15, 0.2) is 0 Å². The van der Waals surface area contributed by atoms with Gasteiger partial charge in [-0.1, -0.05) is 39.0 Å². The number of aliphatic carboxylic acids is 1. The van der Waals surface area contributed by atoms with Crippen LogP contribution in [0, 0.1) is 5.41 Å². The molecule has 0 aromatic carbocycles. The van der Waals surface area contributed by atoms with E-state index in [0.717, 1.165) is 32.1 Å². The van der Waals surface area contributed by atoms with Crippen molar-refractivity contribution in [1.82, 2.24) is 0 Å². The summed E-state index contributed by atoms with van der Waals surface area (Å²) in [5.41, 5.74) is -0.423. The Morgan fingerprint density at radius 1 is 1.31 bits per heavy atom. The summed E-state index contributed by atoms with van der Waals surface area (Å²) in [7, 11) is 0. The predicted molar refractivity (Wildman–Crippen MR) is 50.1 cm³/mol. The van der Waals surface area contributed by atoms with Gasteiger partial charge in [0.1, 0.15) is 0 Å². The number of carboxylic acids is 1. The van der Waals surface area contributed by atoms with E-state index in [0.29, 0.717) is 0 Å². The molecule has 0 spiro atoms. The van der Waals surface area contributed by atoms with Crippen molar-refractivity contribution in [3.63, 3.8) is 0 Å². The maximum atomic E-state index is 10.9. The summed E-state index contributed by atoms with van der Waals surface area (Å²) in [6.07, 6.45) is 8.27. The van der Waals surface area contributed by atoms with E-state index in [-0.39, 0.29) is 0 Å². The van der Waals surface area contributed by atoms with Crippen LogP contribution >= 0.6 is 0 Å². The molecule has 0 aromatic heterocycles. The molecular weight excluding hydrogens is 164 g/mol. The molecule has 13 heavy (non-hydrogen) atoms. The summed E-state index contributed by atoms with van der Waals surface area (Å²) in [5, 5.41) is 10.9. The average molecular weight is 183 g/mol. The van der Waals surface area contributed by atoms with E-state index < -0.39 is 11.4 Å². The number of carbonyl (C=O) groups excluding carboxylic acids is 1. The van der Waals surface area contributed by atoms with E-state index in [4.69, 9.17) is 0 Å². The van der Waals surface area contributed by atoms with Crippen LogP contribution in [0.3, 0.4) is 0 Å². The van der Waals surface area contributed by atoms with E-state index in [1.165, 1.54) is 19.3 Å². The summed E-state index contributed by atoms with van der Waals surface area (Å²) in [5.74, 6) is -0.810. The zero-order valence-electron chi connectivity index (χ0n) is 8.47. The van der Waals surface area contributed by atoms with Crippen LogP contribution in [0.25, 0.3) is 0 Å². The van der Waals surface area contributed by atoms with Crippen LogP contribution in [0.1, 0.15) is 58.3 Å². The van der Waals surface area contributed by atoms with Gasteiger partial charge in [-0.05, 0) is 19.3 Å². The first-order valence-electron chi connectivity index (χ1n) is 5.43. The molecular formula is C11H19O2-. The molecule has 2 nitrogen and oxygen atoms in total. The Labute approximate surface area is 80.3 Å². The first-order chi connectivity index (χ1) is 6.21. The van der Waals surface area contributed by atoms with Crippen molar-refractivity contribution in [2.45, 2.75) is 58.3 Å². The Morgan fingerprint density at radius 2 is 2.00 bits per heavy atom. The van der Waals surface area contributed by atoms with E-state index in [1.54, 1.807) is 0 Å². The highest BCUT2D eigenvalue weighted by Gasteiger charge is 2.37. The lowest BCUT2D eigenvalue weighted by Crippen LogP contribution is -2.46. The number of carbonyl (C=O) groups is 1. The van der Waals surface area contributed by atoms with Crippen molar-refractivity contribution in [3.8, 4) is 0 Å². The zero-order chi connectivity index (χ0) is 9.73. The Kier molecular flexibility index (Phi) is 3.76. The van der Waals surface area contributed by atoms with E-state index >= 15 is 0 Å². The first-order valence-corrected chi connectivity index (χ1v) is 5.43. The monoisotopic (exact) mass is 183 g/mol. The summed E-state index contributed by atoms with van der Waals surface area (Å²) in [4.78, 5) is 10.9. The number of hydrogen-bond acceptors (Lipinski definition) is 2. The lowest BCUT2D eigenvalue weighted by Gasteiger charge is -2.43. The van der Waals surface area contributed by atoms with Crippen molar-refractivity contribution in [2.75, 3.05) is 0 Å². The van der Waals surface area contributed by atoms with Crippen molar-refractivity contribution in [1.29, 1.82) is 0 Å². The highest BCUT2D eigenvalue weighted by molar-refractivity contribution is 5.73. The standard InChI is InChI=1S/C11H20O2/c1-2-3-4-5-7-11(10(12)13)8-6-9-11/h2-9H2,1H3,(H,12,13)/p-1. The van der Waals surface area contributed by atoms with Crippen molar-refractivity contribution in [3.05, 3.63) is 0 Å². The zero-order valence-corrected chi connectivity index (χ0v) is 8.47. The van der Waals surface area contributed by atoms with Crippen molar-refractivity contribution < 1.29 is 9.90 Å². The maximum Gasteiger partial charge on any atom is 0.0476 e. The molecule has 0 unspecified atom stereocenters. The quantitative estimate of drug-likeness (QED) is 0.590. The minimum atomic E-state index is -0.810. The van der Waals surface area contributed by atoms with Crippen LogP contribution in [0.5, 0.6) is 0 Å². The van der Waals surface area contributed by atoms with Crippen LogP contribution < -0.4 is 5.11 Å². The molecule has 0 heterocycles. The summed E-state index contributed by atoms with van der Waals surface area (Å²) < 4.78 is 0. The molecule has 0 saturated heterocycles. The minimum Gasteiger partial charge on any atom is -0.550 e. The third-order valence-corrected chi connectivity index (χ3v) is 3.25. The van der Waals surface area contributed by atoms with E-state index in [2.05, 4.69) is 6.92 Å². The summed E-state index contributed by atoms with van der Waals surface area (Å²) in [6, 6.07) is 0. The Balaban J connectivity index is 2.21. The Hall–Kier alpha value is -0.530. The predicted octanol–water partition coefficient (Wildman–Crippen LogP) is 1.88. The molecule has 0 amide bonds. The maximum absolute atomic E-state index is 10.9. The molecule has 0 bridgehead atoms. The van der Waals surface area contributed by atoms with Crippen molar-refractivity contribution in [2.24, 2.45) is 5.41 Å². The third kappa shape index (κ3) is 2.45. The smallest absolute Gasteiger partial charge is 0.0476 e. The third-order valence-electron chi connectivity index (χ3n) is 3.25. The van der Waals surface area contributed by atoms with Crippen molar-refractivity contribution >= 4 is 5.97 Å². The van der Waals surface area contributed by atoms with Gasteiger partial charge < -0.3 is 9.90 Å². The Morgan fingerprint density at radius 3 is 2.38 bits per heavy atom. The molecule has 1 fully saturated rings. The second kappa shape index (κ2) is 4.64. The van der Waals surface area contributed by atoms with E-state index in [9.17, 15) is 9.90 Å².